The maximum absolute atomic E-state index is 12.2. The van der Waals surface area contributed by atoms with E-state index in [9.17, 15) is 18.7 Å². The SMILES string of the molecule is CC(C)c1cc(Cc2c(Br)cc(OCC(=O)CCC(F)F)cc2Br)ccc1O. The minimum absolute atomic E-state index is 0.197. The van der Waals surface area contributed by atoms with Crippen molar-refractivity contribution in [3.05, 3.63) is 56.0 Å². The molecular weight excluding hydrogens is 498 g/mol. The summed E-state index contributed by atoms with van der Waals surface area (Å²) >= 11 is 7.06. The van der Waals surface area contributed by atoms with Crippen LogP contribution in [0.15, 0.2) is 39.3 Å². The van der Waals surface area contributed by atoms with Gasteiger partial charge in [0.05, 0.1) is 0 Å². The molecule has 2 aromatic carbocycles. The summed E-state index contributed by atoms with van der Waals surface area (Å²) in [5.74, 6) is 0.616. The van der Waals surface area contributed by atoms with Crippen LogP contribution in [0.5, 0.6) is 11.5 Å². The Bertz CT molecular complexity index is 815. The molecule has 0 unspecified atom stereocenters. The maximum Gasteiger partial charge on any atom is 0.239 e. The van der Waals surface area contributed by atoms with Crippen LogP contribution >= 0.6 is 31.9 Å². The fraction of sp³-hybridized carbons (Fsp3) is 0.381. The Balaban J connectivity index is 2.10. The molecule has 2 rings (SSSR count). The normalized spacial score (nSPS) is 11.3. The number of halogens is 4. The van der Waals surface area contributed by atoms with Crippen molar-refractivity contribution >= 4 is 37.6 Å². The van der Waals surface area contributed by atoms with Gasteiger partial charge in [0.15, 0.2) is 5.78 Å². The molecule has 2 aromatic rings. The van der Waals surface area contributed by atoms with Crippen molar-refractivity contribution in [2.45, 2.75) is 45.5 Å². The molecule has 28 heavy (non-hydrogen) atoms. The number of hydrogen-bond donors (Lipinski definition) is 1. The lowest BCUT2D eigenvalue weighted by atomic mass is 9.96. The number of hydrogen-bond acceptors (Lipinski definition) is 3. The van der Waals surface area contributed by atoms with Gasteiger partial charge >= 0.3 is 0 Å². The molecule has 7 heteroatoms. The Labute approximate surface area is 180 Å². The molecule has 0 heterocycles. The van der Waals surface area contributed by atoms with Gasteiger partial charge in [-0.3, -0.25) is 4.79 Å². The summed E-state index contributed by atoms with van der Waals surface area (Å²) in [5, 5.41) is 9.99. The summed E-state index contributed by atoms with van der Waals surface area (Å²) in [4.78, 5) is 11.6. The van der Waals surface area contributed by atoms with Crippen LogP contribution in [0.25, 0.3) is 0 Å². The number of ether oxygens (including phenoxy) is 1. The molecule has 0 aromatic heterocycles. The molecule has 0 aliphatic carbocycles. The van der Waals surface area contributed by atoms with Gasteiger partial charge in [0.1, 0.15) is 18.1 Å². The number of carbonyl (C=O) groups is 1. The average Bonchev–Trinajstić information content (AvgIpc) is 2.62. The van der Waals surface area contributed by atoms with Gasteiger partial charge in [-0.25, -0.2) is 8.78 Å². The van der Waals surface area contributed by atoms with Crippen molar-refractivity contribution < 1.29 is 23.4 Å². The van der Waals surface area contributed by atoms with Crippen LogP contribution in [0, 0.1) is 0 Å². The van der Waals surface area contributed by atoms with E-state index in [0.717, 1.165) is 25.6 Å². The summed E-state index contributed by atoms with van der Waals surface area (Å²) in [6.45, 7) is 3.82. The van der Waals surface area contributed by atoms with Crippen LogP contribution in [0.2, 0.25) is 0 Å². The van der Waals surface area contributed by atoms with Crippen molar-refractivity contribution in [2.24, 2.45) is 0 Å². The summed E-state index contributed by atoms with van der Waals surface area (Å²) in [6.07, 6.45) is -2.49. The molecule has 0 saturated carbocycles. The third kappa shape index (κ3) is 6.55. The lowest BCUT2D eigenvalue weighted by molar-refractivity contribution is -0.121. The molecule has 0 saturated heterocycles. The monoisotopic (exact) mass is 518 g/mol. The number of benzene rings is 2. The molecule has 0 spiro atoms. The zero-order chi connectivity index (χ0) is 20.8. The number of carbonyl (C=O) groups excluding carboxylic acids is 1. The van der Waals surface area contributed by atoms with E-state index in [2.05, 4.69) is 31.9 Å². The van der Waals surface area contributed by atoms with Crippen LogP contribution < -0.4 is 4.74 Å². The second-order valence-corrected chi connectivity index (χ2v) is 8.56. The molecule has 152 valence electrons. The van der Waals surface area contributed by atoms with Gasteiger partial charge in [-0.05, 0) is 47.2 Å². The first kappa shape index (κ1) is 22.8. The van der Waals surface area contributed by atoms with Crippen LogP contribution in [0.3, 0.4) is 0 Å². The summed E-state index contributed by atoms with van der Waals surface area (Å²) < 4.78 is 31.4. The Morgan fingerprint density at radius 3 is 2.36 bits per heavy atom. The molecule has 0 radical (unpaired) electrons. The Hall–Kier alpha value is -1.47. The quantitative estimate of drug-likeness (QED) is 0.404. The Morgan fingerprint density at radius 1 is 1.14 bits per heavy atom. The second kappa shape index (κ2) is 10.3. The number of ketones is 1. The van der Waals surface area contributed by atoms with Gasteiger partial charge in [0, 0.05) is 21.8 Å². The molecule has 0 fully saturated rings. The summed E-state index contributed by atoms with van der Waals surface area (Å²) in [6, 6.07) is 9.08. The number of alkyl halides is 2. The smallest absolute Gasteiger partial charge is 0.239 e. The van der Waals surface area contributed by atoms with Crippen LogP contribution in [-0.2, 0) is 11.2 Å². The van der Waals surface area contributed by atoms with E-state index in [0.29, 0.717) is 12.2 Å². The van der Waals surface area contributed by atoms with Gasteiger partial charge in [0.25, 0.3) is 0 Å². The average molecular weight is 520 g/mol. The van der Waals surface area contributed by atoms with Crippen molar-refractivity contribution in [1.29, 1.82) is 0 Å². The predicted octanol–water partition coefficient (Wildman–Crippen LogP) is 6.62. The van der Waals surface area contributed by atoms with Crippen LogP contribution in [0.1, 0.15) is 49.3 Å². The highest BCUT2D eigenvalue weighted by molar-refractivity contribution is 9.11. The Morgan fingerprint density at radius 2 is 1.79 bits per heavy atom. The number of phenols is 1. The van der Waals surface area contributed by atoms with Gasteiger partial charge in [0.2, 0.25) is 6.43 Å². The number of Topliss-reactive ketones (excluding diaryl/α,β-unsaturated/α-hetero) is 1. The molecule has 1 N–H and O–H groups in total. The van der Waals surface area contributed by atoms with Gasteiger partial charge in [-0.1, -0.05) is 57.8 Å². The molecule has 0 bridgehead atoms. The number of phenolic OH excluding ortho intramolecular Hbond substituents is 1. The zero-order valence-corrected chi connectivity index (χ0v) is 18.8. The number of rotatable bonds is 9. The van der Waals surface area contributed by atoms with Gasteiger partial charge in [-0.15, -0.1) is 0 Å². The third-order valence-electron chi connectivity index (χ3n) is 4.25. The van der Waals surface area contributed by atoms with Gasteiger partial charge in [-0.2, -0.15) is 0 Å². The lowest BCUT2D eigenvalue weighted by Gasteiger charge is -2.14. The summed E-state index contributed by atoms with van der Waals surface area (Å²) in [7, 11) is 0. The minimum Gasteiger partial charge on any atom is -0.508 e. The highest BCUT2D eigenvalue weighted by Crippen LogP contribution is 2.34. The van der Waals surface area contributed by atoms with E-state index in [-0.39, 0.29) is 30.5 Å². The standard InChI is InChI=1S/C21H22Br2F2O3/c1-12(2)16-7-13(3-5-20(16)27)8-17-18(22)9-15(10-19(17)23)28-11-14(26)4-6-21(24)25/h3,5,7,9-10,12,21,27H,4,6,8,11H2,1-2H3. The molecule has 3 nitrogen and oxygen atoms in total. The molecular formula is C21H22Br2F2O3. The summed E-state index contributed by atoms with van der Waals surface area (Å²) in [5.41, 5.74) is 2.95. The first-order valence-electron chi connectivity index (χ1n) is 8.89. The highest BCUT2D eigenvalue weighted by atomic mass is 79.9. The van der Waals surface area contributed by atoms with E-state index in [1.165, 1.54) is 0 Å². The van der Waals surface area contributed by atoms with E-state index in [1.54, 1.807) is 18.2 Å². The van der Waals surface area contributed by atoms with Crippen LogP contribution in [-0.4, -0.2) is 23.9 Å². The van der Waals surface area contributed by atoms with Crippen molar-refractivity contribution in [3.8, 4) is 11.5 Å². The second-order valence-electron chi connectivity index (χ2n) is 6.85. The predicted molar refractivity (Wildman–Crippen MR) is 113 cm³/mol. The zero-order valence-electron chi connectivity index (χ0n) is 15.6. The van der Waals surface area contributed by atoms with Crippen molar-refractivity contribution in [1.82, 2.24) is 0 Å². The molecule has 0 amide bonds. The largest absolute Gasteiger partial charge is 0.508 e. The third-order valence-corrected chi connectivity index (χ3v) is 5.67. The van der Waals surface area contributed by atoms with Gasteiger partial charge < -0.3 is 9.84 Å². The van der Waals surface area contributed by atoms with E-state index < -0.39 is 12.8 Å². The van der Waals surface area contributed by atoms with Crippen molar-refractivity contribution in [3.63, 3.8) is 0 Å². The molecule has 0 atom stereocenters. The highest BCUT2D eigenvalue weighted by Gasteiger charge is 2.13. The number of aromatic hydroxyl groups is 1. The first-order valence-corrected chi connectivity index (χ1v) is 10.5. The Kier molecular flexibility index (Phi) is 8.43. The molecule has 0 aliphatic rings. The van der Waals surface area contributed by atoms with E-state index in [1.807, 2.05) is 26.0 Å². The fourth-order valence-corrected chi connectivity index (χ4v) is 4.14. The fourth-order valence-electron chi connectivity index (χ4n) is 2.72. The topological polar surface area (TPSA) is 46.5 Å². The lowest BCUT2D eigenvalue weighted by Crippen LogP contribution is -2.12. The van der Waals surface area contributed by atoms with E-state index >= 15 is 0 Å². The minimum atomic E-state index is -2.48. The van der Waals surface area contributed by atoms with E-state index in [4.69, 9.17) is 4.74 Å². The maximum atomic E-state index is 12.2. The first-order chi connectivity index (χ1) is 13.2. The van der Waals surface area contributed by atoms with Crippen molar-refractivity contribution in [2.75, 3.05) is 6.61 Å². The van der Waals surface area contributed by atoms with Crippen LogP contribution in [0.4, 0.5) is 8.78 Å². The molecule has 0 aliphatic heterocycles.